The predicted octanol–water partition coefficient (Wildman–Crippen LogP) is 3.36. The lowest BCUT2D eigenvalue weighted by Gasteiger charge is -2.04. The first-order valence-corrected chi connectivity index (χ1v) is 9.76. The molecule has 0 unspecified atom stereocenters. The van der Waals surface area contributed by atoms with E-state index in [-0.39, 0.29) is 15.8 Å². The normalized spacial score (nSPS) is 11.2. The van der Waals surface area contributed by atoms with Crippen LogP contribution in [0.15, 0.2) is 64.9 Å². The Labute approximate surface area is 148 Å². The molecule has 5 nitrogen and oxygen atoms in total. The fraction of sp³-hybridized carbons (Fsp3) is 0.0588. The SMILES string of the molecule is O=C(CS(=O)(=O)c1ccccc1)Nc1nc(-c2ccc(F)cc2)cs1. The van der Waals surface area contributed by atoms with Crippen LogP contribution in [0.4, 0.5) is 9.52 Å². The first-order chi connectivity index (χ1) is 11.9. The van der Waals surface area contributed by atoms with Gasteiger partial charge in [0.2, 0.25) is 5.91 Å². The van der Waals surface area contributed by atoms with Crippen LogP contribution in [0.25, 0.3) is 11.3 Å². The molecule has 1 aromatic heterocycles. The van der Waals surface area contributed by atoms with Gasteiger partial charge in [0.05, 0.1) is 10.6 Å². The summed E-state index contributed by atoms with van der Waals surface area (Å²) >= 11 is 1.17. The van der Waals surface area contributed by atoms with E-state index < -0.39 is 21.5 Å². The van der Waals surface area contributed by atoms with Crippen molar-refractivity contribution in [1.82, 2.24) is 4.98 Å². The number of rotatable bonds is 5. The fourth-order valence-corrected chi connectivity index (χ4v) is 4.02. The average molecular weight is 376 g/mol. The van der Waals surface area contributed by atoms with Crippen molar-refractivity contribution in [2.24, 2.45) is 0 Å². The molecule has 0 aliphatic carbocycles. The molecule has 1 amide bonds. The number of carbonyl (C=O) groups is 1. The number of nitrogens with zero attached hydrogens (tertiary/aromatic N) is 1. The Hall–Kier alpha value is -2.58. The third-order valence-corrected chi connectivity index (χ3v) is 5.70. The Kier molecular flexibility index (Phi) is 4.91. The highest BCUT2D eigenvalue weighted by Gasteiger charge is 2.20. The Balaban J connectivity index is 1.69. The topological polar surface area (TPSA) is 76.1 Å². The zero-order valence-electron chi connectivity index (χ0n) is 12.8. The summed E-state index contributed by atoms with van der Waals surface area (Å²) < 4.78 is 37.3. The molecule has 0 bridgehead atoms. The summed E-state index contributed by atoms with van der Waals surface area (Å²) in [6.45, 7) is 0. The van der Waals surface area contributed by atoms with Gasteiger partial charge < -0.3 is 5.32 Å². The maximum Gasteiger partial charge on any atom is 0.241 e. The number of amides is 1. The van der Waals surface area contributed by atoms with Crippen molar-refractivity contribution in [3.05, 3.63) is 65.8 Å². The van der Waals surface area contributed by atoms with Gasteiger partial charge >= 0.3 is 0 Å². The summed E-state index contributed by atoms with van der Waals surface area (Å²) in [5.74, 6) is -1.68. The quantitative estimate of drug-likeness (QED) is 0.741. The molecule has 0 saturated heterocycles. The van der Waals surface area contributed by atoms with Gasteiger partial charge in [0.1, 0.15) is 11.6 Å². The van der Waals surface area contributed by atoms with Crippen LogP contribution >= 0.6 is 11.3 Å². The first kappa shape index (κ1) is 17.2. The van der Waals surface area contributed by atoms with Gasteiger partial charge in [-0.1, -0.05) is 18.2 Å². The predicted molar refractivity (Wildman–Crippen MR) is 94.6 cm³/mol. The number of sulfone groups is 1. The lowest BCUT2D eigenvalue weighted by Crippen LogP contribution is -2.22. The number of thiazole rings is 1. The maximum absolute atomic E-state index is 12.9. The van der Waals surface area contributed by atoms with Crippen LogP contribution < -0.4 is 5.32 Å². The van der Waals surface area contributed by atoms with Crippen molar-refractivity contribution in [2.45, 2.75) is 4.90 Å². The Morgan fingerprint density at radius 2 is 1.76 bits per heavy atom. The second-order valence-corrected chi connectivity index (χ2v) is 8.01. The third-order valence-electron chi connectivity index (χ3n) is 3.31. The number of carbonyl (C=O) groups excluding carboxylic acids is 1. The van der Waals surface area contributed by atoms with Crippen molar-refractivity contribution < 1.29 is 17.6 Å². The van der Waals surface area contributed by atoms with Gasteiger partial charge in [0.15, 0.2) is 15.0 Å². The van der Waals surface area contributed by atoms with Gasteiger partial charge in [-0.05, 0) is 36.4 Å². The number of benzene rings is 2. The highest BCUT2D eigenvalue weighted by molar-refractivity contribution is 7.92. The van der Waals surface area contributed by atoms with Crippen LogP contribution in [0.1, 0.15) is 0 Å². The molecular weight excluding hydrogens is 363 g/mol. The molecule has 0 aliphatic rings. The van der Waals surface area contributed by atoms with E-state index in [1.54, 1.807) is 35.7 Å². The molecule has 8 heteroatoms. The Bertz CT molecular complexity index is 984. The van der Waals surface area contributed by atoms with Crippen LogP contribution in [0, 0.1) is 5.82 Å². The second-order valence-electron chi connectivity index (χ2n) is 5.17. The largest absolute Gasteiger partial charge is 0.301 e. The number of nitrogens with one attached hydrogen (secondary N) is 1. The van der Waals surface area contributed by atoms with E-state index >= 15 is 0 Å². The summed E-state index contributed by atoms with van der Waals surface area (Å²) in [5.41, 5.74) is 1.28. The van der Waals surface area contributed by atoms with Crippen molar-refractivity contribution in [3.63, 3.8) is 0 Å². The van der Waals surface area contributed by atoms with Gasteiger partial charge in [0, 0.05) is 10.9 Å². The van der Waals surface area contributed by atoms with Crippen LogP contribution in [0.3, 0.4) is 0 Å². The minimum absolute atomic E-state index is 0.0938. The number of hydrogen-bond acceptors (Lipinski definition) is 5. The lowest BCUT2D eigenvalue weighted by molar-refractivity contribution is -0.113. The molecule has 0 radical (unpaired) electrons. The monoisotopic (exact) mass is 376 g/mol. The summed E-state index contributed by atoms with van der Waals surface area (Å²) in [6.07, 6.45) is 0. The van der Waals surface area contributed by atoms with Gasteiger partial charge in [-0.15, -0.1) is 11.3 Å². The minimum Gasteiger partial charge on any atom is -0.301 e. The maximum atomic E-state index is 12.9. The van der Waals surface area contributed by atoms with Crippen molar-refractivity contribution in [2.75, 3.05) is 11.1 Å². The van der Waals surface area contributed by atoms with Crippen molar-refractivity contribution >= 4 is 32.2 Å². The molecule has 3 rings (SSSR count). The van der Waals surface area contributed by atoms with Gasteiger partial charge in [-0.25, -0.2) is 17.8 Å². The average Bonchev–Trinajstić information content (AvgIpc) is 3.04. The smallest absolute Gasteiger partial charge is 0.241 e. The number of hydrogen-bond donors (Lipinski definition) is 1. The zero-order valence-corrected chi connectivity index (χ0v) is 14.5. The highest BCUT2D eigenvalue weighted by atomic mass is 32.2. The van der Waals surface area contributed by atoms with Crippen molar-refractivity contribution in [1.29, 1.82) is 0 Å². The lowest BCUT2D eigenvalue weighted by atomic mass is 10.2. The van der Waals surface area contributed by atoms with Crippen LogP contribution in [-0.2, 0) is 14.6 Å². The number of anilines is 1. The van der Waals surface area contributed by atoms with Crippen LogP contribution in [0.2, 0.25) is 0 Å². The molecule has 128 valence electrons. The Morgan fingerprint density at radius 3 is 2.44 bits per heavy atom. The molecule has 2 aromatic carbocycles. The molecule has 0 fully saturated rings. The first-order valence-electron chi connectivity index (χ1n) is 7.23. The van der Waals surface area contributed by atoms with E-state index in [9.17, 15) is 17.6 Å². The zero-order chi connectivity index (χ0) is 17.9. The third kappa shape index (κ3) is 4.28. The number of halogens is 1. The van der Waals surface area contributed by atoms with E-state index in [0.29, 0.717) is 11.3 Å². The molecular formula is C17H13FN2O3S2. The second kappa shape index (κ2) is 7.12. The van der Waals surface area contributed by atoms with E-state index in [2.05, 4.69) is 10.3 Å². The Morgan fingerprint density at radius 1 is 1.08 bits per heavy atom. The highest BCUT2D eigenvalue weighted by Crippen LogP contribution is 2.25. The molecule has 3 aromatic rings. The van der Waals surface area contributed by atoms with Gasteiger partial charge in [0.25, 0.3) is 0 Å². The molecule has 1 N–H and O–H groups in total. The summed E-state index contributed by atoms with van der Waals surface area (Å²) in [7, 11) is -3.71. The summed E-state index contributed by atoms with van der Waals surface area (Å²) in [4.78, 5) is 16.3. The van der Waals surface area contributed by atoms with Gasteiger partial charge in [-0.2, -0.15) is 0 Å². The standard InChI is InChI=1S/C17H13FN2O3S2/c18-13-8-6-12(7-9-13)15-10-24-17(19-15)20-16(21)11-25(22,23)14-4-2-1-3-5-14/h1-10H,11H2,(H,19,20,21). The van der Waals surface area contributed by atoms with E-state index in [4.69, 9.17) is 0 Å². The molecule has 0 atom stereocenters. The molecule has 1 heterocycles. The summed E-state index contributed by atoms with van der Waals surface area (Å²) in [6, 6.07) is 13.6. The van der Waals surface area contributed by atoms with E-state index in [0.717, 1.165) is 0 Å². The minimum atomic E-state index is -3.71. The number of aromatic nitrogens is 1. The van der Waals surface area contributed by atoms with Crippen LogP contribution in [-0.4, -0.2) is 25.1 Å². The molecule has 0 aliphatic heterocycles. The molecule has 25 heavy (non-hydrogen) atoms. The van der Waals surface area contributed by atoms with E-state index in [1.807, 2.05) is 0 Å². The van der Waals surface area contributed by atoms with Crippen molar-refractivity contribution in [3.8, 4) is 11.3 Å². The molecule has 0 saturated carbocycles. The summed E-state index contributed by atoms with van der Waals surface area (Å²) in [5, 5.41) is 4.47. The van der Waals surface area contributed by atoms with E-state index in [1.165, 1.54) is 35.6 Å². The van der Waals surface area contributed by atoms with Gasteiger partial charge in [-0.3, -0.25) is 4.79 Å². The fourth-order valence-electron chi connectivity index (χ4n) is 2.12. The van der Waals surface area contributed by atoms with Crippen LogP contribution in [0.5, 0.6) is 0 Å². The molecule has 0 spiro atoms.